The van der Waals surface area contributed by atoms with Gasteiger partial charge < -0.3 is 14.4 Å². The summed E-state index contributed by atoms with van der Waals surface area (Å²) in [5, 5.41) is 11.0. The molecule has 3 heterocycles. The molecule has 134 valence electrons. The topological polar surface area (TPSA) is 94.3 Å². The highest BCUT2D eigenvalue weighted by molar-refractivity contribution is 7.99. The van der Waals surface area contributed by atoms with Crippen molar-refractivity contribution in [3.05, 3.63) is 72.2 Å². The zero-order chi connectivity index (χ0) is 18.9. The van der Waals surface area contributed by atoms with E-state index < -0.39 is 0 Å². The number of aromatic nitrogens is 4. The van der Waals surface area contributed by atoms with Gasteiger partial charge in [-0.1, -0.05) is 24.3 Å². The molecule has 5 aromatic rings. The third kappa shape index (κ3) is 3.06. The van der Waals surface area contributed by atoms with Crippen molar-refractivity contribution in [2.75, 3.05) is 0 Å². The molecule has 0 aliphatic heterocycles. The van der Waals surface area contributed by atoms with Crippen LogP contribution in [0.4, 0.5) is 0 Å². The fraction of sp³-hybridized carbons (Fsp3) is 0. The predicted octanol–water partition coefficient (Wildman–Crippen LogP) is 5.25. The minimum absolute atomic E-state index is 0.408. The average Bonchev–Trinajstić information content (AvgIpc) is 3.43. The Bertz CT molecular complexity index is 1300. The van der Waals surface area contributed by atoms with Crippen molar-refractivity contribution < 1.29 is 4.42 Å². The number of hydrogen-bond donors (Lipinski definition) is 2. The Kier molecular flexibility index (Phi) is 3.96. The standard InChI is InChI=1S/C21H13N5OS/c22-12-13(20-23-15-5-1-2-6-16(15)24-20)11-14-9-10-19(27-14)28-21-25-17-7-3-4-8-18(17)26-21/h1-11H,(H,23,24)(H,25,26). The number of nitriles is 1. The maximum absolute atomic E-state index is 9.55. The summed E-state index contributed by atoms with van der Waals surface area (Å²) in [6.45, 7) is 0. The molecule has 28 heavy (non-hydrogen) atoms. The number of benzene rings is 2. The second kappa shape index (κ2) is 6.76. The Balaban J connectivity index is 1.42. The maximum atomic E-state index is 9.55. The third-order valence-corrected chi connectivity index (χ3v) is 5.03. The van der Waals surface area contributed by atoms with Gasteiger partial charge in [-0.3, -0.25) is 0 Å². The van der Waals surface area contributed by atoms with Crippen LogP contribution in [0.15, 0.2) is 75.3 Å². The summed E-state index contributed by atoms with van der Waals surface area (Å²) in [4.78, 5) is 15.4. The van der Waals surface area contributed by atoms with Crippen molar-refractivity contribution in [3.63, 3.8) is 0 Å². The number of nitrogens with zero attached hydrogens (tertiary/aromatic N) is 3. The molecule has 0 spiro atoms. The van der Waals surface area contributed by atoms with Crippen molar-refractivity contribution in [1.29, 1.82) is 5.26 Å². The largest absolute Gasteiger partial charge is 0.450 e. The number of para-hydroxylation sites is 4. The van der Waals surface area contributed by atoms with E-state index in [1.54, 1.807) is 6.08 Å². The molecular formula is C21H13N5OS. The van der Waals surface area contributed by atoms with E-state index in [4.69, 9.17) is 4.42 Å². The summed E-state index contributed by atoms with van der Waals surface area (Å²) in [6.07, 6.45) is 1.68. The van der Waals surface area contributed by atoms with Crippen molar-refractivity contribution >= 4 is 45.5 Å². The number of allylic oxidation sites excluding steroid dienone is 1. The number of furan rings is 1. The molecule has 0 fully saturated rings. The molecule has 0 aliphatic carbocycles. The molecule has 0 unspecified atom stereocenters. The number of imidazole rings is 2. The summed E-state index contributed by atoms with van der Waals surface area (Å²) >= 11 is 1.40. The van der Waals surface area contributed by atoms with E-state index in [0.29, 0.717) is 22.3 Å². The van der Waals surface area contributed by atoms with E-state index in [0.717, 1.165) is 27.2 Å². The first-order valence-electron chi connectivity index (χ1n) is 8.58. The number of hydrogen-bond acceptors (Lipinski definition) is 5. The minimum atomic E-state index is 0.408. The average molecular weight is 383 g/mol. The maximum Gasteiger partial charge on any atom is 0.174 e. The molecule has 7 heteroatoms. The van der Waals surface area contributed by atoms with Crippen LogP contribution in [0.25, 0.3) is 33.7 Å². The lowest BCUT2D eigenvalue weighted by Gasteiger charge is -1.93. The molecule has 0 amide bonds. The van der Waals surface area contributed by atoms with Gasteiger partial charge in [0.2, 0.25) is 0 Å². The number of H-pyrrole nitrogens is 2. The first-order valence-corrected chi connectivity index (χ1v) is 9.39. The van der Waals surface area contributed by atoms with Gasteiger partial charge in [-0.15, -0.1) is 0 Å². The highest BCUT2D eigenvalue weighted by Gasteiger charge is 2.11. The Morgan fingerprint density at radius 1 is 0.929 bits per heavy atom. The Labute approximate surface area is 163 Å². The Hall–Kier alpha value is -3.76. The fourth-order valence-electron chi connectivity index (χ4n) is 2.92. The van der Waals surface area contributed by atoms with Crippen LogP contribution >= 0.6 is 11.8 Å². The molecular weight excluding hydrogens is 370 g/mol. The van der Waals surface area contributed by atoms with Crippen LogP contribution in [0.3, 0.4) is 0 Å². The molecule has 0 aliphatic rings. The quantitative estimate of drug-likeness (QED) is 0.414. The third-order valence-electron chi connectivity index (χ3n) is 4.22. The van der Waals surface area contributed by atoms with Crippen LogP contribution in [0, 0.1) is 11.3 Å². The highest BCUT2D eigenvalue weighted by Crippen LogP contribution is 2.30. The van der Waals surface area contributed by atoms with Crippen molar-refractivity contribution in [2.24, 2.45) is 0 Å². The first-order chi connectivity index (χ1) is 13.8. The molecule has 0 radical (unpaired) electrons. The summed E-state index contributed by atoms with van der Waals surface area (Å²) in [5.41, 5.74) is 4.01. The molecule has 0 saturated carbocycles. The van der Waals surface area contributed by atoms with Crippen LogP contribution in [-0.4, -0.2) is 19.9 Å². The van der Waals surface area contributed by atoms with E-state index in [9.17, 15) is 5.26 Å². The number of fused-ring (bicyclic) bond motifs is 2. The van der Waals surface area contributed by atoms with Crippen LogP contribution in [0.5, 0.6) is 0 Å². The lowest BCUT2D eigenvalue weighted by Crippen LogP contribution is -1.84. The molecule has 2 N–H and O–H groups in total. The van der Waals surface area contributed by atoms with Crippen molar-refractivity contribution in [1.82, 2.24) is 19.9 Å². The fourth-order valence-corrected chi connectivity index (χ4v) is 3.69. The number of nitrogens with one attached hydrogen (secondary N) is 2. The van der Waals surface area contributed by atoms with Gasteiger partial charge in [0.25, 0.3) is 0 Å². The summed E-state index contributed by atoms with van der Waals surface area (Å²) < 4.78 is 5.85. The van der Waals surface area contributed by atoms with Gasteiger partial charge in [0.1, 0.15) is 17.7 Å². The molecule has 2 aromatic carbocycles. The normalized spacial score (nSPS) is 11.9. The van der Waals surface area contributed by atoms with Crippen LogP contribution in [-0.2, 0) is 0 Å². The molecule has 3 aromatic heterocycles. The summed E-state index contributed by atoms with van der Waals surface area (Å²) in [7, 11) is 0. The first kappa shape index (κ1) is 16.4. The van der Waals surface area contributed by atoms with E-state index in [2.05, 4.69) is 26.0 Å². The summed E-state index contributed by atoms with van der Waals surface area (Å²) in [5.74, 6) is 1.10. The zero-order valence-corrected chi connectivity index (χ0v) is 15.3. The van der Waals surface area contributed by atoms with Gasteiger partial charge in [-0.05, 0) is 48.2 Å². The van der Waals surface area contributed by atoms with Gasteiger partial charge in [-0.25, -0.2) is 9.97 Å². The number of aromatic amines is 2. The summed E-state index contributed by atoms with van der Waals surface area (Å²) in [6, 6.07) is 21.4. The van der Waals surface area contributed by atoms with Gasteiger partial charge in [-0.2, -0.15) is 5.26 Å². The van der Waals surface area contributed by atoms with E-state index >= 15 is 0 Å². The second-order valence-electron chi connectivity index (χ2n) is 6.09. The van der Waals surface area contributed by atoms with Gasteiger partial charge in [0.15, 0.2) is 10.2 Å². The van der Waals surface area contributed by atoms with Gasteiger partial charge in [0.05, 0.1) is 27.6 Å². The van der Waals surface area contributed by atoms with Gasteiger partial charge in [0, 0.05) is 6.08 Å². The monoisotopic (exact) mass is 383 g/mol. The van der Waals surface area contributed by atoms with Crippen molar-refractivity contribution in [3.8, 4) is 6.07 Å². The van der Waals surface area contributed by atoms with E-state index in [1.807, 2.05) is 60.7 Å². The Morgan fingerprint density at radius 2 is 1.64 bits per heavy atom. The van der Waals surface area contributed by atoms with Crippen LogP contribution in [0.1, 0.15) is 11.6 Å². The van der Waals surface area contributed by atoms with Crippen LogP contribution in [0.2, 0.25) is 0 Å². The smallest absolute Gasteiger partial charge is 0.174 e. The van der Waals surface area contributed by atoms with Crippen molar-refractivity contribution in [2.45, 2.75) is 10.2 Å². The molecule has 0 bridgehead atoms. The second-order valence-corrected chi connectivity index (χ2v) is 7.08. The van der Waals surface area contributed by atoms with Gasteiger partial charge >= 0.3 is 0 Å². The highest BCUT2D eigenvalue weighted by atomic mass is 32.2. The van der Waals surface area contributed by atoms with E-state index in [1.165, 1.54) is 11.8 Å². The zero-order valence-electron chi connectivity index (χ0n) is 14.5. The number of rotatable bonds is 4. The molecule has 0 saturated heterocycles. The molecule has 5 rings (SSSR count). The molecule has 0 atom stereocenters. The predicted molar refractivity (Wildman–Crippen MR) is 109 cm³/mol. The van der Waals surface area contributed by atoms with E-state index in [-0.39, 0.29) is 0 Å². The minimum Gasteiger partial charge on any atom is -0.450 e. The lowest BCUT2D eigenvalue weighted by molar-refractivity contribution is 0.466. The van der Waals surface area contributed by atoms with Crippen LogP contribution < -0.4 is 0 Å². The molecule has 6 nitrogen and oxygen atoms in total. The Morgan fingerprint density at radius 3 is 2.36 bits per heavy atom. The SMILES string of the molecule is N#CC(=Cc1ccc(Sc2nc3ccccc3[nH]2)o1)c1nc2ccccc2[nH]1. The lowest BCUT2D eigenvalue weighted by atomic mass is 10.2.